The van der Waals surface area contributed by atoms with E-state index >= 15 is 0 Å². The highest BCUT2D eigenvalue weighted by Gasteiger charge is 2.65. The average molecular weight is 290 g/mol. The van der Waals surface area contributed by atoms with Crippen molar-refractivity contribution in [3.63, 3.8) is 0 Å². The Bertz CT molecular complexity index is 637. The number of primary amides is 1. The Morgan fingerprint density at radius 1 is 1.24 bits per heavy atom. The number of amides is 2. The highest BCUT2D eigenvalue weighted by molar-refractivity contribution is 6.02. The zero-order valence-electron chi connectivity index (χ0n) is 12.1. The molecule has 4 N–H and O–H groups in total. The number of hydrogen-bond donors (Lipinski definition) is 3. The molecule has 1 saturated carbocycles. The van der Waals surface area contributed by atoms with Crippen molar-refractivity contribution in [3.8, 4) is 0 Å². The smallest absolute Gasteiger partial charge is 0.307 e. The van der Waals surface area contributed by atoms with E-state index in [1.54, 1.807) is 39.0 Å². The van der Waals surface area contributed by atoms with E-state index in [9.17, 15) is 14.4 Å². The molecule has 0 heterocycles. The molecule has 0 unspecified atom stereocenters. The Kier molecular flexibility index (Phi) is 3.49. The van der Waals surface area contributed by atoms with Gasteiger partial charge >= 0.3 is 5.97 Å². The molecule has 0 bridgehead atoms. The maximum atomic E-state index is 12.2. The molecular formula is C15H18N2O4. The van der Waals surface area contributed by atoms with E-state index in [-0.39, 0.29) is 5.91 Å². The summed E-state index contributed by atoms with van der Waals surface area (Å²) in [7, 11) is 0. The highest BCUT2D eigenvalue weighted by Crippen LogP contribution is 2.58. The van der Waals surface area contributed by atoms with Crippen LogP contribution in [0.5, 0.6) is 0 Å². The first-order valence-corrected chi connectivity index (χ1v) is 6.61. The third-order valence-electron chi connectivity index (χ3n) is 4.23. The lowest BCUT2D eigenvalue weighted by atomic mass is 10.1. The van der Waals surface area contributed by atoms with Crippen molar-refractivity contribution in [1.82, 2.24) is 0 Å². The van der Waals surface area contributed by atoms with Gasteiger partial charge in [0, 0.05) is 11.3 Å². The number of nitrogens with one attached hydrogen (secondary N) is 1. The zero-order chi connectivity index (χ0) is 15.9. The van der Waals surface area contributed by atoms with E-state index < -0.39 is 29.1 Å². The number of carbonyl (C=O) groups is 3. The molecular weight excluding hydrogens is 272 g/mol. The number of hydrogen-bond acceptors (Lipinski definition) is 3. The number of nitrogens with two attached hydrogens (primary N) is 1. The van der Waals surface area contributed by atoms with Gasteiger partial charge in [-0.25, -0.2) is 0 Å². The average Bonchev–Trinajstić information content (AvgIpc) is 2.95. The van der Waals surface area contributed by atoms with Crippen LogP contribution in [0.1, 0.15) is 29.8 Å². The van der Waals surface area contributed by atoms with Crippen LogP contribution in [0, 0.1) is 24.2 Å². The summed E-state index contributed by atoms with van der Waals surface area (Å²) < 4.78 is 0. The van der Waals surface area contributed by atoms with Gasteiger partial charge in [-0.1, -0.05) is 19.9 Å². The minimum Gasteiger partial charge on any atom is -0.481 e. The molecule has 0 spiro atoms. The van der Waals surface area contributed by atoms with Crippen molar-refractivity contribution in [2.45, 2.75) is 20.8 Å². The first-order valence-electron chi connectivity index (χ1n) is 6.61. The van der Waals surface area contributed by atoms with E-state index in [0.717, 1.165) is 0 Å². The molecule has 2 rings (SSSR count). The van der Waals surface area contributed by atoms with Crippen molar-refractivity contribution in [2.24, 2.45) is 23.0 Å². The monoisotopic (exact) mass is 290 g/mol. The summed E-state index contributed by atoms with van der Waals surface area (Å²) in [5.41, 5.74) is 6.08. The lowest BCUT2D eigenvalue weighted by Crippen LogP contribution is -2.20. The second kappa shape index (κ2) is 4.87. The van der Waals surface area contributed by atoms with Gasteiger partial charge in [0.25, 0.3) is 0 Å². The van der Waals surface area contributed by atoms with Crippen molar-refractivity contribution in [3.05, 3.63) is 29.3 Å². The van der Waals surface area contributed by atoms with Gasteiger partial charge in [-0.05, 0) is 30.0 Å². The van der Waals surface area contributed by atoms with Crippen LogP contribution in [-0.4, -0.2) is 22.9 Å². The van der Waals surface area contributed by atoms with Crippen LogP contribution in [-0.2, 0) is 9.59 Å². The van der Waals surface area contributed by atoms with E-state index in [1.165, 1.54) is 0 Å². The first-order chi connectivity index (χ1) is 9.67. The molecule has 21 heavy (non-hydrogen) atoms. The lowest BCUT2D eigenvalue weighted by molar-refractivity contribution is -0.140. The molecule has 1 aliphatic rings. The molecule has 0 saturated heterocycles. The molecule has 1 aliphatic carbocycles. The van der Waals surface area contributed by atoms with E-state index in [4.69, 9.17) is 10.8 Å². The Morgan fingerprint density at radius 3 is 2.33 bits per heavy atom. The van der Waals surface area contributed by atoms with Gasteiger partial charge in [0.15, 0.2) is 0 Å². The minimum atomic E-state index is -0.970. The van der Waals surface area contributed by atoms with Crippen LogP contribution >= 0.6 is 0 Å². The minimum absolute atomic E-state index is 0.331. The van der Waals surface area contributed by atoms with Crippen molar-refractivity contribution >= 4 is 23.5 Å². The summed E-state index contributed by atoms with van der Waals surface area (Å²) >= 11 is 0. The molecule has 0 aliphatic heterocycles. The molecule has 1 aromatic rings. The molecule has 2 amide bonds. The number of anilines is 1. The lowest BCUT2D eigenvalue weighted by Gasteiger charge is -2.11. The second-order valence-electron chi connectivity index (χ2n) is 5.95. The van der Waals surface area contributed by atoms with E-state index in [1.807, 2.05) is 0 Å². The summed E-state index contributed by atoms with van der Waals surface area (Å²) in [5.74, 6) is -3.15. The molecule has 2 atom stereocenters. The quantitative estimate of drug-likeness (QED) is 0.778. The largest absolute Gasteiger partial charge is 0.481 e. The number of carboxylic acids is 1. The summed E-state index contributed by atoms with van der Waals surface area (Å²) in [5, 5.41) is 11.8. The molecule has 6 nitrogen and oxygen atoms in total. The molecule has 112 valence electrons. The standard InChI is InChI=1S/C15H18N2O4/c1-7-8(12(16)18)5-4-6-9(7)17-13(19)10-11(14(20)21)15(10,2)3/h4-6,10-11H,1-3H3,(H2,16,18)(H,17,19)(H,20,21)/t10-,11+/m1/s1. The van der Waals surface area contributed by atoms with Crippen LogP contribution in [0.15, 0.2) is 18.2 Å². The molecule has 0 radical (unpaired) electrons. The molecule has 1 fully saturated rings. The number of carboxylic acid groups (broad SMARTS) is 1. The summed E-state index contributed by atoms with van der Waals surface area (Å²) in [6.07, 6.45) is 0. The fourth-order valence-electron chi connectivity index (χ4n) is 2.84. The Labute approximate surface area is 122 Å². The van der Waals surface area contributed by atoms with Crippen LogP contribution in [0.25, 0.3) is 0 Å². The van der Waals surface area contributed by atoms with E-state index in [2.05, 4.69) is 5.32 Å². The Balaban J connectivity index is 2.21. The molecule has 1 aromatic carbocycles. The zero-order valence-corrected chi connectivity index (χ0v) is 12.1. The number of rotatable bonds is 4. The second-order valence-corrected chi connectivity index (χ2v) is 5.95. The van der Waals surface area contributed by atoms with Crippen LogP contribution in [0.2, 0.25) is 0 Å². The topological polar surface area (TPSA) is 109 Å². The maximum absolute atomic E-state index is 12.2. The van der Waals surface area contributed by atoms with Crippen LogP contribution in [0.3, 0.4) is 0 Å². The van der Waals surface area contributed by atoms with Gasteiger partial charge in [0.05, 0.1) is 11.8 Å². The Morgan fingerprint density at radius 2 is 1.86 bits per heavy atom. The summed E-state index contributed by atoms with van der Waals surface area (Å²) in [6, 6.07) is 4.86. The number of benzene rings is 1. The van der Waals surface area contributed by atoms with Crippen molar-refractivity contribution in [2.75, 3.05) is 5.32 Å². The van der Waals surface area contributed by atoms with Crippen LogP contribution in [0.4, 0.5) is 5.69 Å². The predicted molar refractivity (Wildman–Crippen MR) is 76.7 cm³/mol. The van der Waals surface area contributed by atoms with Crippen molar-refractivity contribution in [1.29, 1.82) is 0 Å². The van der Waals surface area contributed by atoms with Gasteiger partial charge in [-0.3, -0.25) is 14.4 Å². The SMILES string of the molecule is Cc1c(NC(=O)[C@H]2[C@@H](C(=O)O)C2(C)C)cccc1C(N)=O. The predicted octanol–water partition coefficient (Wildman–Crippen LogP) is 1.39. The highest BCUT2D eigenvalue weighted by atomic mass is 16.4. The summed E-state index contributed by atoms with van der Waals surface area (Å²) in [6.45, 7) is 5.19. The maximum Gasteiger partial charge on any atom is 0.307 e. The van der Waals surface area contributed by atoms with Crippen molar-refractivity contribution < 1.29 is 19.5 Å². The normalized spacial score (nSPS) is 22.4. The van der Waals surface area contributed by atoms with Gasteiger partial charge in [-0.15, -0.1) is 0 Å². The van der Waals surface area contributed by atoms with Crippen LogP contribution < -0.4 is 11.1 Å². The third-order valence-corrected chi connectivity index (χ3v) is 4.23. The van der Waals surface area contributed by atoms with Gasteiger partial charge in [-0.2, -0.15) is 0 Å². The fourth-order valence-corrected chi connectivity index (χ4v) is 2.84. The number of aliphatic carboxylic acids is 1. The first kappa shape index (κ1) is 15.0. The molecule has 0 aromatic heterocycles. The fraction of sp³-hybridized carbons (Fsp3) is 0.400. The third kappa shape index (κ3) is 2.49. The van der Waals surface area contributed by atoms with Gasteiger partial charge in [0.1, 0.15) is 0 Å². The van der Waals surface area contributed by atoms with E-state index in [0.29, 0.717) is 16.8 Å². The van der Waals surface area contributed by atoms with Gasteiger partial charge in [0.2, 0.25) is 11.8 Å². The Hall–Kier alpha value is -2.37. The number of carbonyl (C=O) groups excluding carboxylic acids is 2. The summed E-state index contributed by atoms with van der Waals surface area (Å²) in [4.78, 5) is 34.6. The molecule has 6 heteroatoms. The van der Waals surface area contributed by atoms with Gasteiger partial charge < -0.3 is 16.2 Å².